The summed E-state index contributed by atoms with van der Waals surface area (Å²) in [7, 11) is 0. The molecule has 31 heavy (non-hydrogen) atoms. The van der Waals surface area contributed by atoms with Crippen molar-refractivity contribution >= 4 is 35.6 Å². The average molecular weight is 441 g/mol. The number of carboxylic acid groups (broad SMARTS) is 1. The Balaban J connectivity index is 1.86. The second-order valence-electron chi connectivity index (χ2n) is 6.62. The molecule has 0 fully saturated rings. The molecule has 0 saturated carbocycles. The molecule has 9 heteroatoms. The molecule has 2 aromatic rings. The first-order valence-electron chi connectivity index (χ1n) is 9.46. The van der Waals surface area contributed by atoms with E-state index in [1.54, 1.807) is 48.5 Å². The van der Waals surface area contributed by atoms with E-state index in [0.29, 0.717) is 28.4 Å². The third kappa shape index (κ3) is 6.02. The fourth-order valence-corrected chi connectivity index (χ4v) is 3.30. The minimum atomic E-state index is -1.39. The van der Waals surface area contributed by atoms with E-state index >= 15 is 0 Å². The monoisotopic (exact) mass is 441 g/mol. The number of thioether (sulfide) groups is 1. The topological polar surface area (TPSA) is 117 Å². The molecule has 0 spiro atoms. The minimum Gasteiger partial charge on any atom is -0.548 e. The maximum absolute atomic E-state index is 12.9. The highest BCUT2D eigenvalue weighted by atomic mass is 32.2. The molecular weight excluding hydrogens is 420 g/mol. The van der Waals surface area contributed by atoms with Crippen LogP contribution in [-0.2, 0) is 9.59 Å². The number of carbonyl (C=O) groups excluding carboxylic acids is 3. The lowest BCUT2D eigenvalue weighted by Gasteiger charge is -2.20. The Hall–Kier alpha value is -3.46. The summed E-state index contributed by atoms with van der Waals surface area (Å²) >= 11 is 1.45. The van der Waals surface area contributed by atoms with Gasteiger partial charge in [-0.1, -0.05) is 24.3 Å². The zero-order chi connectivity index (χ0) is 22.2. The first kappa shape index (κ1) is 22.2. The Morgan fingerprint density at radius 3 is 2.58 bits per heavy atom. The first-order valence-corrected chi connectivity index (χ1v) is 10.9. The van der Waals surface area contributed by atoms with E-state index in [9.17, 15) is 19.5 Å². The minimum absolute atomic E-state index is 0.101. The second-order valence-corrected chi connectivity index (χ2v) is 7.60. The molecule has 3 rings (SSSR count). The highest BCUT2D eigenvalue weighted by Gasteiger charge is 2.20. The van der Waals surface area contributed by atoms with Crippen molar-refractivity contribution in [3.05, 3.63) is 65.4 Å². The van der Waals surface area contributed by atoms with Gasteiger partial charge in [0, 0.05) is 5.56 Å². The number of carbonyl (C=O) groups is 3. The number of hydrogen-bond acceptors (Lipinski definition) is 7. The van der Waals surface area contributed by atoms with E-state index < -0.39 is 23.8 Å². The van der Waals surface area contributed by atoms with Gasteiger partial charge in [-0.2, -0.15) is 11.8 Å². The van der Waals surface area contributed by atoms with Crippen molar-refractivity contribution in [2.45, 2.75) is 12.5 Å². The Labute approximate surface area is 183 Å². The molecular formula is C22H21N2O6S-. The van der Waals surface area contributed by atoms with Crippen LogP contribution in [0.3, 0.4) is 0 Å². The molecule has 162 valence electrons. The molecule has 0 aliphatic carbocycles. The normalized spacial score (nSPS) is 13.4. The zero-order valence-electron chi connectivity index (χ0n) is 16.8. The van der Waals surface area contributed by atoms with Crippen LogP contribution < -0.4 is 25.2 Å². The molecule has 1 atom stereocenters. The summed E-state index contributed by atoms with van der Waals surface area (Å²) in [6.45, 7) is 0.101. The predicted molar refractivity (Wildman–Crippen MR) is 114 cm³/mol. The number of benzene rings is 2. The lowest BCUT2D eigenvalue weighted by Crippen LogP contribution is -2.50. The quantitative estimate of drug-likeness (QED) is 0.561. The van der Waals surface area contributed by atoms with Crippen molar-refractivity contribution in [2.24, 2.45) is 0 Å². The molecule has 0 unspecified atom stereocenters. The third-order valence-electron chi connectivity index (χ3n) is 4.44. The molecule has 2 amide bonds. The highest BCUT2D eigenvalue weighted by molar-refractivity contribution is 7.98. The van der Waals surface area contributed by atoms with E-state index in [0.717, 1.165) is 0 Å². The number of nitrogens with one attached hydrogen (secondary N) is 2. The van der Waals surface area contributed by atoms with Gasteiger partial charge in [0.25, 0.3) is 11.8 Å². The van der Waals surface area contributed by atoms with Gasteiger partial charge in [0.1, 0.15) is 5.70 Å². The van der Waals surface area contributed by atoms with Gasteiger partial charge < -0.3 is 30.0 Å². The summed E-state index contributed by atoms with van der Waals surface area (Å²) in [6, 6.07) is 12.2. The zero-order valence-corrected chi connectivity index (χ0v) is 17.6. The highest BCUT2D eigenvalue weighted by Crippen LogP contribution is 2.33. The van der Waals surface area contributed by atoms with Crippen LogP contribution in [0.4, 0.5) is 0 Å². The second kappa shape index (κ2) is 10.5. The molecule has 8 nitrogen and oxygen atoms in total. The molecule has 1 heterocycles. The lowest BCUT2D eigenvalue weighted by molar-refractivity contribution is -0.308. The van der Waals surface area contributed by atoms with Crippen LogP contribution in [0.2, 0.25) is 0 Å². The summed E-state index contributed by atoms with van der Waals surface area (Å²) in [4.78, 5) is 36.9. The summed E-state index contributed by atoms with van der Waals surface area (Å²) in [5.41, 5.74) is 0.811. The Morgan fingerprint density at radius 2 is 1.87 bits per heavy atom. The van der Waals surface area contributed by atoms with Gasteiger partial charge in [-0.3, -0.25) is 9.59 Å². The molecule has 0 saturated heterocycles. The first-order chi connectivity index (χ1) is 15.0. The van der Waals surface area contributed by atoms with Gasteiger partial charge in [-0.25, -0.2) is 0 Å². The van der Waals surface area contributed by atoms with Gasteiger partial charge in [0.05, 0.1) is 12.0 Å². The Morgan fingerprint density at radius 1 is 1.13 bits per heavy atom. The van der Waals surface area contributed by atoms with Crippen LogP contribution >= 0.6 is 11.8 Å². The largest absolute Gasteiger partial charge is 0.548 e. The summed E-state index contributed by atoms with van der Waals surface area (Å²) < 4.78 is 10.6. The van der Waals surface area contributed by atoms with Crippen LogP contribution in [0.5, 0.6) is 11.5 Å². The van der Waals surface area contributed by atoms with Crippen molar-refractivity contribution in [2.75, 3.05) is 18.8 Å². The molecule has 2 aromatic carbocycles. The number of ether oxygens (including phenoxy) is 2. The van der Waals surface area contributed by atoms with Crippen molar-refractivity contribution in [1.82, 2.24) is 10.6 Å². The molecule has 0 radical (unpaired) electrons. The van der Waals surface area contributed by atoms with Crippen molar-refractivity contribution in [3.8, 4) is 11.5 Å². The van der Waals surface area contributed by atoms with Crippen molar-refractivity contribution in [3.63, 3.8) is 0 Å². The lowest BCUT2D eigenvalue weighted by atomic mass is 10.1. The SMILES string of the molecule is CSCC[C@@H](NC(=O)/C(=C\c1ccc2c(c1)OCO2)NC(=O)c1ccccc1)C(=O)[O-]. The molecule has 2 N–H and O–H groups in total. The number of aliphatic carboxylic acids is 1. The summed E-state index contributed by atoms with van der Waals surface area (Å²) in [5, 5.41) is 16.4. The predicted octanol–water partition coefficient (Wildman–Crippen LogP) is 1.17. The molecule has 0 aromatic heterocycles. The maximum Gasteiger partial charge on any atom is 0.268 e. The van der Waals surface area contributed by atoms with Gasteiger partial charge in [0.2, 0.25) is 6.79 Å². The van der Waals surface area contributed by atoms with Crippen LogP contribution in [0.1, 0.15) is 22.3 Å². The fraction of sp³-hybridized carbons (Fsp3) is 0.227. The Kier molecular flexibility index (Phi) is 7.55. The number of rotatable bonds is 9. The van der Waals surface area contributed by atoms with Crippen molar-refractivity contribution < 1.29 is 29.0 Å². The number of fused-ring (bicyclic) bond motifs is 1. The van der Waals surface area contributed by atoms with Gasteiger partial charge in [-0.05, 0) is 54.3 Å². The summed E-state index contributed by atoms with van der Waals surface area (Å²) in [6.07, 6.45) is 3.47. The third-order valence-corrected chi connectivity index (χ3v) is 5.08. The van der Waals surface area contributed by atoms with E-state index in [-0.39, 0.29) is 18.9 Å². The number of carboxylic acids is 1. The van der Waals surface area contributed by atoms with Crippen molar-refractivity contribution in [1.29, 1.82) is 0 Å². The standard InChI is InChI=1S/C22H22N2O6S/c1-31-10-9-16(22(27)28)23-21(26)17(24-20(25)15-5-3-2-4-6-15)11-14-7-8-18-19(12-14)30-13-29-18/h2-8,11-12,16H,9-10,13H2,1H3,(H,23,26)(H,24,25)(H,27,28)/p-1/b17-11+/t16-/m1/s1. The fourth-order valence-electron chi connectivity index (χ4n) is 2.83. The van der Waals surface area contributed by atoms with E-state index in [2.05, 4.69) is 10.6 Å². The molecule has 0 bridgehead atoms. The molecule has 1 aliphatic heterocycles. The number of hydrogen-bond donors (Lipinski definition) is 2. The molecule has 1 aliphatic rings. The number of amides is 2. The van der Waals surface area contributed by atoms with Crippen LogP contribution in [-0.4, -0.2) is 42.6 Å². The van der Waals surface area contributed by atoms with E-state index in [1.807, 2.05) is 6.26 Å². The van der Waals surface area contributed by atoms with Gasteiger partial charge in [-0.15, -0.1) is 0 Å². The van der Waals surface area contributed by atoms with Crippen LogP contribution in [0.25, 0.3) is 6.08 Å². The van der Waals surface area contributed by atoms with Crippen LogP contribution in [0, 0.1) is 0 Å². The average Bonchev–Trinajstić information content (AvgIpc) is 3.24. The van der Waals surface area contributed by atoms with E-state index in [4.69, 9.17) is 9.47 Å². The van der Waals surface area contributed by atoms with E-state index in [1.165, 1.54) is 17.8 Å². The Bertz CT molecular complexity index is 993. The van der Waals surface area contributed by atoms with Crippen LogP contribution in [0.15, 0.2) is 54.2 Å². The smallest absolute Gasteiger partial charge is 0.268 e. The van der Waals surface area contributed by atoms with Gasteiger partial charge >= 0.3 is 0 Å². The van der Waals surface area contributed by atoms with Gasteiger partial charge in [0.15, 0.2) is 11.5 Å². The maximum atomic E-state index is 12.9. The summed E-state index contributed by atoms with van der Waals surface area (Å²) in [5.74, 6) is -1.02.